The minimum absolute atomic E-state index is 0.00334. The van der Waals surface area contributed by atoms with Crippen molar-refractivity contribution >= 4 is 29.2 Å². The number of benzene rings is 1. The largest absolute Gasteiger partial charge is 0.458 e. The average Bonchev–Trinajstić information content (AvgIpc) is 2.27. The molecule has 0 fully saturated rings. The van der Waals surface area contributed by atoms with E-state index in [0.717, 1.165) is 5.56 Å². The number of hydrogen-bond acceptors (Lipinski definition) is 5. The van der Waals surface area contributed by atoms with Crippen LogP contribution >= 0.6 is 23.2 Å². The third-order valence-electron chi connectivity index (χ3n) is 1.89. The van der Waals surface area contributed by atoms with Crippen molar-refractivity contribution in [1.82, 2.24) is 15.0 Å². The molecule has 1 aromatic heterocycles. The van der Waals surface area contributed by atoms with Crippen LogP contribution in [-0.2, 0) is 6.61 Å². The Kier molecular flexibility index (Phi) is 3.61. The van der Waals surface area contributed by atoms with Crippen LogP contribution in [0.1, 0.15) is 5.56 Å². The molecule has 0 saturated heterocycles. The summed E-state index contributed by atoms with van der Waals surface area (Å²) in [6.45, 7) is 0.303. The van der Waals surface area contributed by atoms with E-state index in [1.165, 1.54) is 0 Å². The van der Waals surface area contributed by atoms with Gasteiger partial charge < -0.3 is 10.5 Å². The lowest BCUT2D eigenvalue weighted by Gasteiger charge is -2.04. The van der Waals surface area contributed by atoms with Crippen molar-refractivity contribution in [2.24, 2.45) is 0 Å². The maximum Gasteiger partial charge on any atom is 0.322 e. The van der Waals surface area contributed by atoms with E-state index < -0.39 is 0 Å². The second-order valence-corrected chi connectivity index (χ2v) is 3.93. The summed E-state index contributed by atoms with van der Waals surface area (Å²) in [5, 5.41) is 0.671. The summed E-state index contributed by atoms with van der Waals surface area (Å²) in [5.41, 5.74) is 6.34. The molecule has 0 aliphatic heterocycles. The predicted molar refractivity (Wildman–Crippen MR) is 65.0 cm³/mol. The minimum Gasteiger partial charge on any atom is -0.458 e. The zero-order chi connectivity index (χ0) is 12.3. The lowest BCUT2D eigenvalue weighted by molar-refractivity contribution is 0.280. The SMILES string of the molecule is Nc1nc(Cl)nc(OCc2ccc(Cl)cc2)n1. The molecule has 17 heavy (non-hydrogen) atoms. The van der Waals surface area contributed by atoms with Crippen molar-refractivity contribution in [3.63, 3.8) is 0 Å². The van der Waals surface area contributed by atoms with Crippen molar-refractivity contribution in [2.45, 2.75) is 6.61 Å². The zero-order valence-corrected chi connectivity index (χ0v) is 10.1. The van der Waals surface area contributed by atoms with E-state index in [4.69, 9.17) is 33.7 Å². The summed E-state index contributed by atoms with van der Waals surface area (Å²) in [5.74, 6) is 0.0242. The number of halogens is 2. The summed E-state index contributed by atoms with van der Waals surface area (Å²) in [7, 11) is 0. The summed E-state index contributed by atoms with van der Waals surface area (Å²) in [6, 6.07) is 7.32. The monoisotopic (exact) mass is 270 g/mol. The van der Waals surface area contributed by atoms with Gasteiger partial charge in [0.15, 0.2) is 0 Å². The van der Waals surface area contributed by atoms with E-state index in [1.54, 1.807) is 12.1 Å². The Bertz CT molecular complexity index is 498. The molecule has 88 valence electrons. The van der Waals surface area contributed by atoms with Gasteiger partial charge in [0.1, 0.15) is 6.61 Å². The summed E-state index contributed by atoms with van der Waals surface area (Å²) in [6.07, 6.45) is 0. The first-order valence-corrected chi connectivity index (χ1v) is 5.43. The number of aromatic nitrogens is 3. The molecule has 1 heterocycles. The summed E-state index contributed by atoms with van der Waals surface area (Å²) in [4.78, 5) is 11.2. The molecule has 0 spiro atoms. The van der Waals surface area contributed by atoms with Crippen LogP contribution < -0.4 is 10.5 Å². The summed E-state index contributed by atoms with van der Waals surface area (Å²) < 4.78 is 5.32. The highest BCUT2D eigenvalue weighted by Gasteiger charge is 2.03. The van der Waals surface area contributed by atoms with Crippen molar-refractivity contribution in [2.75, 3.05) is 5.73 Å². The molecule has 1 aromatic carbocycles. The topological polar surface area (TPSA) is 73.9 Å². The molecule has 0 atom stereocenters. The van der Waals surface area contributed by atoms with Crippen molar-refractivity contribution < 1.29 is 4.74 Å². The molecule has 2 N–H and O–H groups in total. The normalized spacial score (nSPS) is 10.2. The van der Waals surface area contributed by atoms with Gasteiger partial charge in [0, 0.05) is 5.02 Å². The fourth-order valence-corrected chi connectivity index (χ4v) is 1.42. The maximum absolute atomic E-state index is 5.76. The van der Waals surface area contributed by atoms with Crippen molar-refractivity contribution in [3.05, 3.63) is 40.1 Å². The number of nitrogen functional groups attached to an aromatic ring is 1. The molecule has 0 bridgehead atoms. The van der Waals surface area contributed by atoms with Crippen LogP contribution in [0.25, 0.3) is 0 Å². The van der Waals surface area contributed by atoms with E-state index in [1.807, 2.05) is 12.1 Å². The maximum atomic E-state index is 5.76. The Balaban J connectivity index is 2.04. The van der Waals surface area contributed by atoms with Crippen molar-refractivity contribution in [3.8, 4) is 6.01 Å². The number of rotatable bonds is 3. The van der Waals surface area contributed by atoms with Crippen molar-refractivity contribution in [1.29, 1.82) is 0 Å². The molecule has 0 saturated carbocycles. The van der Waals surface area contributed by atoms with Crippen LogP contribution in [0.3, 0.4) is 0 Å². The predicted octanol–water partition coefficient (Wildman–Crippen LogP) is 2.34. The molecule has 0 amide bonds. The zero-order valence-electron chi connectivity index (χ0n) is 8.60. The lowest BCUT2D eigenvalue weighted by Crippen LogP contribution is -2.03. The molecule has 7 heteroatoms. The fraction of sp³-hybridized carbons (Fsp3) is 0.100. The Labute approximate surface area is 108 Å². The molecule has 2 aromatic rings. The molecular formula is C10H8Cl2N4O. The average molecular weight is 271 g/mol. The van der Waals surface area contributed by atoms with E-state index in [9.17, 15) is 0 Å². The van der Waals surface area contributed by atoms with Gasteiger partial charge in [-0.05, 0) is 29.3 Å². The van der Waals surface area contributed by atoms with Crippen LogP contribution in [0.5, 0.6) is 6.01 Å². The highest BCUT2D eigenvalue weighted by molar-refractivity contribution is 6.30. The van der Waals surface area contributed by atoms with Gasteiger partial charge in [-0.3, -0.25) is 0 Å². The van der Waals surface area contributed by atoms with Crippen LogP contribution in [0.4, 0.5) is 5.95 Å². The van der Waals surface area contributed by atoms with Crippen LogP contribution in [0, 0.1) is 0 Å². The van der Waals surface area contributed by atoms with Gasteiger partial charge in [0.05, 0.1) is 0 Å². The lowest BCUT2D eigenvalue weighted by atomic mass is 10.2. The molecular weight excluding hydrogens is 263 g/mol. The first-order chi connectivity index (χ1) is 8.13. The number of nitrogens with two attached hydrogens (primary N) is 1. The molecule has 0 aliphatic carbocycles. The highest BCUT2D eigenvalue weighted by Crippen LogP contribution is 2.13. The highest BCUT2D eigenvalue weighted by atomic mass is 35.5. The van der Waals surface area contributed by atoms with E-state index in [2.05, 4.69) is 15.0 Å². The fourth-order valence-electron chi connectivity index (χ4n) is 1.14. The smallest absolute Gasteiger partial charge is 0.322 e. The number of hydrogen-bond donors (Lipinski definition) is 1. The van der Waals surface area contributed by atoms with Gasteiger partial charge in [-0.1, -0.05) is 23.7 Å². The van der Waals surface area contributed by atoms with Gasteiger partial charge in [-0.2, -0.15) is 15.0 Å². The van der Waals surface area contributed by atoms with E-state index >= 15 is 0 Å². The quantitative estimate of drug-likeness (QED) is 0.927. The van der Waals surface area contributed by atoms with E-state index in [0.29, 0.717) is 11.6 Å². The third-order valence-corrected chi connectivity index (χ3v) is 2.31. The van der Waals surface area contributed by atoms with Crippen LogP contribution in [0.2, 0.25) is 10.3 Å². The molecule has 2 rings (SSSR count). The van der Waals surface area contributed by atoms with Gasteiger partial charge in [0.25, 0.3) is 0 Å². The Morgan fingerprint density at radius 3 is 2.41 bits per heavy atom. The third kappa shape index (κ3) is 3.44. The second-order valence-electron chi connectivity index (χ2n) is 3.16. The first-order valence-electron chi connectivity index (χ1n) is 4.68. The molecule has 0 radical (unpaired) electrons. The minimum atomic E-state index is 0.00334. The summed E-state index contributed by atoms with van der Waals surface area (Å²) >= 11 is 11.4. The standard InChI is InChI=1S/C10H8Cl2N4O/c11-7-3-1-6(2-4-7)5-17-10-15-8(12)14-9(13)16-10/h1-4H,5H2,(H2,13,14,15,16). The Morgan fingerprint density at radius 1 is 1.06 bits per heavy atom. The van der Waals surface area contributed by atoms with Crippen LogP contribution in [-0.4, -0.2) is 15.0 Å². The van der Waals surface area contributed by atoms with Gasteiger partial charge in [0.2, 0.25) is 11.2 Å². The van der Waals surface area contributed by atoms with Gasteiger partial charge in [-0.15, -0.1) is 0 Å². The number of anilines is 1. The first kappa shape index (κ1) is 11.9. The van der Waals surface area contributed by atoms with Gasteiger partial charge in [-0.25, -0.2) is 0 Å². The number of ether oxygens (including phenoxy) is 1. The molecule has 0 unspecified atom stereocenters. The number of nitrogens with zero attached hydrogens (tertiary/aromatic N) is 3. The van der Waals surface area contributed by atoms with Gasteiger partial charge >= 0.3 is 6.01 Å². The molecule has 0 aliphatic rings. The Morgan fingerprint density at radius 2 is 1.76 bits per heavy atom. The molecule has 5 nitrogen and oxygen atoms in total. The van der Waals surface area contributed by atoms with Crippen LogP contribution in [0.15, 0.2) is 24.3 Å². The Hall–Kier alpha value is -1.59. The van der Waals surface area contributed by atoms with E-state index in [-0.39, 0.29) is 17.2 Å². The second kappa shape index (κ2) is 5.16.